The maximum Gasteiger partial charge on any atom is 0.272 e. The molecular weight excluding hydrogens is 276 g/mol. The summed E-state index contributed by atoms with van der Waals surface area (Å²) in [5, 5.41) is 10.4. The topological polar surface area (TPSA) is 58.1 Å². The zero-order valence-electron chi connectivity index (χ0n) is 11.3. The van der Waals surface area contributed by atoms with Gasteiger partial charge in [-0.05, 0) is 29.8 Å². The van der Waals surface area contributed by atoms with Gasteiger partial charge in [0.2, 0.25) is 0 Å². The first kappa shape index (κ1) is 14.3. The van der Waals surface area contributed by atoms with Gasteiger partial charge >= 0.3 is 0 Å². The first-order chi connectivity index (χ1) is 9.56. The first-order valence-electron chi connectivity index (χ1n) is 6.10. The average molecular weight is 291 g/mol. The molecule has 1 N–H and O–H groups in total. The van der Waals surface area contributed by atoms with Gasteiger partial charge in [0.25, 0.3) is 5.91 Å². The third-order valence-electron chi connectivity index (χ3n) is 2.77. The van der Waals surface area contributed by atoms with Crippen molar-refractivity contribution < 1.29 is 4.79 Å². The molecule has 1 aromatic carbocycles. The normalized spacial score (nSPS) is 10.2. The Morgan fingerprint density at radius 3 is 2.40 bits per heavy atom. The SMILES string of the molecule is CN(C)c1ccc(CNC(=O)c2ccc(Cl)nn2)cc1. The van der Waals surface area contributed by atoms with Crippen LogP contribution in [0.15, 0.2) is 36.4 Å². The highest BCUT2D eigenvalue weighted by molar-refractivity contribution is 6.29. The molecule has 20 heavy (non-hydrogen) atoms. The predicted molar refractivity (Wildman–Crippen MR) is 79.0 cm³/mol. The lowest BCUT2D eigenvalue weighted by molar-refractivity contribution is 0.0945. The molecule has 0 aliphatic rings. The summed E-state index contributed by atoms with van der Waals surface area (Å²) in [7, 11) is 3.96. The molecule has 6 heteroatoms. The van der Waals surface area contributed by atoms with E-state index in [1.54, 1.807) is 6.07 Å². The van der Waals surface area contributed by atoms with Crippen molar-refractivity contribution in [1.29, 1.82) is 0 Å². The van der Waals surface area contributed by atoms with Gasteiger partial charge in [-0.25, -0.2) is 0 Å². The van der Waals surface area contributed by atoms with Crippen molar-refractivity contribution in [2.24, 2.45) is 0 Å². The number of nitrogens with one attached hydrogen (secondary N) is 1. The van der Waals surface area contributed by atoms with Gasteiger partial charge in [0.05, 0.1) is 0 Å². The second-order valence-corrected chi connectivity index (χ2v) is 4.87. The van der Waals surface area contributed by atoms with E-state index in [1.165, 1.54) is 6.07 Å². The smallest absolute Gasteiger partial charge is 0.272 e. The Kier molecular flexibility index (Phi) is 4.53. The highest BCUT2D eigenvalue weighted by Crippen LogP contribution is 2.12. The van der Waals surface area contributed by atoms with Gasteiger partial charge in [-0.2, -0.15) is 0 Å². The van der Waals surface area contributed by atoms with Gasteiger partial charge in [0.1, 0.15) is 0 Å². The molecule has 0 unspecified atom stereocenters. The van der Waals surface area contributed by atoms with Gasteiger partial charge < -0.3 is 10.2 Å². The molecule has 0 saturated carbocycles. The van der Waals surface area contributed by atoms with E-state index in [-0.39, 0.29) is 16.8 Å². The number of amides is 1. The third kappa shape index (κ3) is 3.68. The number of nitrogens with zero attached hydrogens (tertiary/aromatic N) is 3. The fraction of sp³-hybridized carbons (Fsp3) is 0.214. The molecule has 2 rings (SSSR count). The van der Waals surface area contributed by atoms with Crippen LogP contribution in [0.2, 0.25) is 5.15 Å². The van der Waals surface area contributed by atoms with Gasteiger partial charge in [-0.3, -0.25) is 4.79 Å². The summed E-state index contributed by atoms with van der Waals surface area (Å²) in [6.07, 6.45) is 0. The van der Waals surface area contributed by atoms with Crippen LogP contribution in [0.3, 0.4) is 0 Å². The quantitative estimate of drug-likeness (QED) is 0.937. The molecule has 0 bridgehead atoms. The van der Waals surface area contributed by atoms with Gasteiger partial charge in [0, 0.05) is 26.3 Å². The Morgan fingerprint density at radius 1 is 1.15 bits per heavy atom. The maximum absolute atomic E-state index is 11.8. The minimum absolute atomic E-state index is 0.249. The van der Waals surface area contributed by atoms with Gasteiger partial charge in [-0.15, -0.1) is 10.2 Å². The Labute approximate surface area is 122 Å². The molecule has 5 nitrogen and oxygen atoms in total. The fourth-order valence-electron chi connectivity index (χ4n) is 1.62. The monoisotopic (exact) mass is 290 g/mol. The number of carbonyl (C=O) groups is 1. The lowest BCUT2D eigenvalue weighted by atomic mass is 10.2. The van der Waals surface area contributed by atoms with Gasteiger partial charge in [0.15, 0.2) is 10.8 Å². The maximum atomic E-state index is 11.8. The Balaban J connectivity index is 1.94. The Hall–Kier alpha value is -2.14. The molecule has 0 aliphatic carbocycles. The van der Waals surface area contributed by atoms with Crippen LogP contribution in [0.4, 0.5) is 5.69 Å². The van der Waals surface area contributed by atoms with E-state index in [9.17, 15) is 4.79 Å². The van der Waals surface area contributed by atoms with E-state index in [2.05, 4.69) is 15.5 Å². The van der Waals surface area contributed by atoms with Crippen molar-refractivity contribution in [2.75, 3.05) is 19.0 Å². The number of hydrogen-bond acceptors (Lipinski definition) is 4. The molecule has 0 aliphatic heterocycles. The highest BCUT2D eigenvalue weighted by atomic mass is 35.5. The standard InChI is InChI=1S/C14H15ClN4O/c1-19(2)11-5-3-10(4-6-11)9-16-14(20)12-7-8-13(15)18-17-12/h3-8H,9H2,1-2H3,(H,16,20). The summed E-state index contributed by atoms with van der Waals surface area (Å²) < 4.78 is 0. The third-order valence-corrected chi connectivity index (χ3v) is 2.97. The second-order valence-electron chi connectivity index (χ2n) is 4.48. The number of halogens is 1. The number of hydrogen-bond donors (Lipinski definition) is 1. The predicted octanol–water partition coefficient (Wildman–Crippen LogP) is 2.13. The van der Waals surface area contributed by atoms with Crippen LogP contribution >= 0.6 is 11.6 Å². The lowest BCUT2D eigenvalue weighted by Crippen LogP contribution is -2.24. The molecule has 1 heterocycles. The van der Waals surface area contributed by atoms with Crippen molar-refractivity contribution in [2.45, 2.75) is 6.54 Å². The number of rotatable bonds is 4. The first-order valence-corrected chi connectivity index (χ1v) is 6.48. The molecule has 2 aromatic rings. The van der Waals surface area contributed by atoms with Crippen LogP contribution in [0.5, 0.6) is 0 Å². The summed E-state index contributed by atoms with van der Waals surface area (Å²) in [5.74, 6) is -0.272. The van der Waals surface area contributed by atoms with E-state index < -0.39 is 0 Å². The highest BCUT2D eigenvalue weighted by Gasteiger charge is 2.07. The molecule has 104 valence electrons. The van der Waals surface area contributed by atoms with E-state index >= 15 is 0 Å². The van der Waals surface area contributed by atoms with Crippen molar-refractivity contribution >= 4 is 23.2 Å². The molecule has 0 radical (unpaired) electrons. The van der Waals surface area contributed by atoms with Crippen LogP contribution < -0.4 is 10.2 Å². The number of anilines is 1. The van der Waals surface area contributed by atoms with Crippen LogP contribution in [0.1, 0.15) is 16.1 Å². The summed E-state index contributed by atoms with van der Waals surface area (Å²) in [4.78, 5) is 13.9. The van der Waals surface area contributed by atoms with Crippen molar-refractivity contribution in [3.63, 3.8) is 0 Å². The molecule has 0 fully saturated rings. The van der Waals surface area contributed by atoms with E-state index in [0.717, 1.165) is 11.3 Å². The van der Waals surface area contributed by atoms with Crippen molar-refractivity contribution in [3.05, 3.63) is 52.8 Å². The Bertz CT molecular complexity index is 581. The number of benzene rings is 1. The largest absolute Gasteiger partial charge is 0.378 e. The van der Waals surface area contributed by atoms with Crippen molar-refractivity contribution in [3.8, 4) is 0 Å². The molecule has 0 saturated heterocycles. The number of carbonyl (C=O) groups excluding carboxylic acids is 1. The van der Waals surface area contributed by atoms with E-state index in [1.807, 2.05) is 43.3 Å². The number of aromatic nitrogens is 2. The minimum Gasteiger partial charge on any atom is -0.378 e. The molecule has 1 amide bonds. The van der Waals surface area contributed by atoms with Crippen LogP contribution in [0.25, 0.3) is 0 Å². The summed E-state index contributed by atoms with van der Waals surface area (Å²) >= 11 is 5.62. The van der Waals surface area contributed by atoms with Crippen molar-refractivity contribution in [1.82, 2.24) is 15.5 Å². The molecular formula is C14H15ClN4O. The van der Waals surface area contributed by atoms with Gasteiger partial charge in [-0.1, -0.05) is 23.7 Å². The van der Waals surface area contributed by atoms with E-state index in [0.29, 0.717) is 6.54 Å². The van der Waals surface area contributed by atoms with Crippen LogP contribution in [-0.2, 0) is 6.54 Å². The van der Waals surface area contributed by atoms with Crippen LogP contribution in [-0.4, -0.2) is 30.2 Å². The second kappa shape index (κ2) is 6.34. The summed E-state index contributed by atoms with van der Waals surface area (Å²) in [6, 6.07) is 11.0. The van der Waals surface area contributed by atoms with E-state index in [4.69, 9.17) is 11.6 Å². The molecule has 1 aromatic heterocycles. The fourth-order valence-corrected chi connectivity index (χ4v) is 1.72. The average Bonchev–Trinajstić information content (AvgIpc) is 2.46. The minimum atomic E-state index is -0.272. The molecule has 0 spiro atoms. The summed E-state index contributed by atoms with van der Waals surface area (Å²) in [6.45, 7) is 0.441. The lowest BCUT2D eigenvalue weighted by Gasteiger charge is -2.12. The zero-order chi connectivity index (χ0) is 14.5. The molecule has 0 atom stereocenters. The van der Waals surface area contributed by atoms with Crippen LogP contribution in [0, 0.1) is 0 Å². The summed E-state index contributed by atoms with van der Waals surface area (Å²) in [5.41, 5.74) is 2.38. The Morgan fingerprint density at radius 2 is 1.85 bits per heavy atom. The zero-order valence-corrected chi connectivity index (χ0v) is 12.1.